The Morgan fingerprint density at radius 2 is 1.76 bits per heavy atom. The molecule has 1 heterocycles. The van der Waals surface area contributed by atoms with Crippen LogP contribution in [0, 0.1) is 5.41 Å². The predicted octanol–water partition coefficient (Wildman–Crippen LogP) is 4.80. The van der Waals surface area contributed by atoms with Crippen LogP contribution in [-0.4, -0.2) is 52.8 Å². The molecule has 2 aromatic carbocycles. The molecule has 1 fully saturated rings. The van der Waals surface area contributed by atoms with Crippen molar-refractivity contribution in [3.05, 3.63) is 65.7 Å². The molecular weight excluding hydrogens is 472 g/mol. The molecule has 8 heteroatoms. The number of benzene rings is 2. The molecule has 3 rings (SSSR count). The van der Waals surface area contributed by atoms with Crippen LogP contribution in [-0.2, 0) is 27.3 Å². The molecule has 2 aromatic rings. The smallest absolute Gasteiger partial charge is 0.407 e. The second-order valence-corrected chi connectivity index (χ2v) is 10.9. The third-order valence-electron chi connectivity index (χ3n) is 6.35. The fraction of sp³-hybridized carbons (Fsp3) is 0.483. The van der Waals surface area contributed by atoms with E-state index in [9.17, 15) is 19.5 Å². The Balaban J connectivity index is 1.57. The van der Waals surface area contributed by atoms with Gasteiger partial charge in [0.15, 0.2) is 0 Å². The maximum atomic E-state index is 13.2. The van der Waals surface area contributed by atoms with Gasteiger partial charge in [-0.3, -0.25) is 9.59 Å². The Bertz CT molecular complexity index is 1060. The number of nitrogens with one attached hydrogen (secondary N) is 1. The van der Waals surface area contributed by atoms with E-state index in [0.29, 0.717) is 25.3 Å². The number of carbonyl (C=O) groups excluding carboxylic acids is 2. The molecule has 0 bridgehead atoms. The topological polar surface area (TPSA) is 105 Å². The van der Waals surface area contributed by atoms with Gasteiger partial charge in [-0.2, -0.15) is 0 Å². The van der Waals surface area contributed by atoms with Crippen LogP contribution in [0.5, 0.6) is 5.75 Å². The molecule has 1 aliphatic rings. The average Bonchev–Trinajstić information content (AvgIpc) is 3.05. The molecule has 0 spiro atoms. The van der Waals surface area contributed by atoms with Gasteiger partial charge in [0.25, 0.3) is 0 Å². The van der Waals surface area contributed by atoms with Crippen molar-refractivity contribution in [3.8, 4) is 5.75 Å². The molecule has 8 nitrogen and oxygen atoms in total. The molecule has 1 saturated heterocycles. The Hall–Kier alpha value is -3.55. The first-order valence-electron chi connectivity index (χ1n) is 12.7. The molecule has 37 heavy (non-hydrogen) atoms. The molecule has 0 aromatic heterocycles. The summed E-state index contributed by atoms with van der Waals surface area (Å²) in [7, 11) is 0. The summed E-state index contributed by atoms with van der Waals surface area (Å²) >= 11 is 0. The monoisotopic (exact) mass is 510 g/mol. The minimum absolute atomic E-state index is 0.125. The molecule has 2 atom stereocenters. The number of carboxylic acid groups (broad SMARTS) is 1. The minimum Gasteiger partial charge on any atom is -0.491 e. The highest BCUT2D eigenvalue weighted by Crippen LogP contribution is 2.39. The van der Waals surface area contributed by atoms with E-state index >= 15 is 0 Å². The van der Waals surface area contributed by atoms with E-state index in [0.717, 1.165) is 18.4 Å². The maximum absolute atomic E-state index is 13.2. The van der Waals surface area contributed by atoms with Crippen molar-refractivity contribution in [2.45, 2.75) is 71.6 Å². The van der Waals surface area contributed by atoms with Crippen molar-refractivity contribution in [2.24, 2.45) is 5.41 Å². The summed E-state index contributed by atoms with van der Waals surface area (Å²) in [6, 6.07) is 17.2. The SMILES string of the molecule is CC(C)(C)OC(=O)NCc1ccc(OC[C@H]2C[C@@](C)(CC(=O)O)C(=O)N2CCCc2ccccc2)cc1. The van der Waals surface area contributed by atoms with E-state index in [-0.39, 0.29) is 25.0 Å². The third-order valence-corrected chi connectivity index (χ3v) is 6.35. The highest BCUT2D eigenvalue weighted by molar-refractivity contribution is 5.88. The summed E-state index contributed by atoms with van der Waals surface area (Å²) < 4.78 is 11.3. The molecule has 0 radical (unpaired) electrons. The lowest BCUT2D eigenvalue weighted by Gasteiger charge is -2.25. The van der Waals surface area contributed by atoms with E-state index in [1.165, 1.54) is 5.56 Å². The number of aliphatic carboxylic acids is 1. The second kappa shape index (κ2) is 12.1. The van der Waals surface area contributed by atoms with Crippen LogP contribution in [0.3, 0.4) is 0 Å². The van der Waals surface area contributed by atoms with Gasteiger partial charge >= 0.3 is 12.1 Å². The number of nitrogens with zero attached hydrogens (tertiary/aromatic N) is 1. The summed E-state index contributed by atoms with van der Waals surface area (Å²) in [5.74, 6) is -0.457. The zero-order valence-corrected chi connectivity index (χ0v) is 22.2. The van der Waals surface area contributed by atoms with Crippen LogP contribution < -0.4 is 10.1 Å². The summed E-state index contributed by atoms with van der Waals surface area (Å²) in [4.78, 5) is 38.4. The zero-order chi connectivity index (χ0) is 27.1. The number of hydrogen-bond acceptors (Lipinski definition) is 5. The Labute approximate surface area is 219 Å². The second-order valence-electron chi connectivity index (χ2n) is 10.9. The first kappa shape index (κ1) is 28.0. The lowest BCUT2D eigenvalue weighted by molar-refractivity contribution is -0.146. The number of likely N-dealkylation sites (tertiary alicyclic amines) is 1. The van der Waals surface area contributed by atoms with Gasteiger partial charge in [-0.15, -0.1) is 0 Å². The Morgan fingerprint density at radius 1 is 1.08 bits per heavy atom. The summed E-state index contributed by atoms with van der Waals surface area (Å²) in [6.07, 6.45) is 1.38. The van der Waals surface area contributed by atoms with E-state index in [1.807, 2.05) is 63.2 Å². The summed E-state index contributed by atoms with van der Waals surface area (Å²) in [5, 5.41) is 12.1. The van der Waals surface area contributed by atoms with E-state index in [4.69, 9.17) is 9.47 Å². The third kappa shape index (κ3) is 8.51. The number of rotatable bonds is 11. The number of alkyl carbamates (subject to hydrolysis) is 1. The van der Waals surface area contributed by atoms with Gasteiger partial charge in [0, 0.05) is 13.1 Å². The highest BCUT2D eigenvalue weighted by Gasteiger charge is 2.49. The molecular formula is C29H38N2O6. The van der Waals surface area contributed by atoms with Crippen molar-refractivity contribution in [1.82, 2.24) is 10.2 Å². The van der Waals surface area contributed by atoms with Gasteiger partial charge < -0.3 is 24.8 Å². The van der Waals surface area contributed by atoms with Crippen molar-refractivity contribution >= 4 is 18.0 Å². The average molecular weight is 511 g/mol. The molecule has 200 valence electrons. The molecule has 2 amide bonds. The van der Waals surface area contributed by atoms with E-state index in [1.54, 1.807) is 11.8 Å². The first-order valence-corrected chi connectivity index (χ1v) is 12.7. The van der Waals surface area contributed by atoms with Crippen molar-refractivity contribution in [1.29, 1.82) is 0 Å². The maximum Gasteiger partial charge on any atom is 0.407 e. The fourth-order valence-corrected chi connectivity index (χ4v) is 4.63. The van der Waals surface area contributed by atoms with E-state index in [2.05, 4.69) is 17.4 Å². The van der Waals surface area contributed by atoms with Crippen molar-refractivity contribution in [3.63, 3.8) is 0 Å². The molecule has 0 aliphatic carbocycles. The number of amides is 2. The van der Waals surface area contributed by atoms with Crippen LogP contribution in [0.15, 0.2) is 54.6 Å². The Kier molecular flexibility index (Phi) is 9.18. The largest absolute Gasteiger partial charge is 0.491 e. The zero-order valence-electron chi connectivity index (χ0n) is 22.2. The van der Waals surface area contributed by atoms with Gasteiger partial charge in [-0.25, -0.2) is 4.79 Å². The van der Waals surface area contributed by atoms with Gasteiger partial charge in [0.2, 0.25) is 5.91 Å². The number of carbonyl (C=O) groups is 3. The summed E-state index contributed by atoms with van der Waals surface area (Å²) in [6.45, 7) is 8.32. The lowest BCUT2D eigenvalue weighted by atomic mass is 9.84. The van der Waals surface area contributed by atoms with Gasteiger partial charge in [-0.1, -0.05) is 49.4 Å². The molecule has 2 N–H and O–H groups in total. The quantitative estimate of drug-likeness (QED) is 0.450. The molecule has 0 unspecified atom stereocenters. The van der Waals surface area contributed by atoms with Crippen LogP contribution in [0.4, 0.5) is 4.79 Å². The van der Waals surface area contributed by atoms with Crippen LogP contribution in [0.25, 0.3) is 0 Å². The highest BCUT2D eigenvalue weighted by atomic mass is 16.6. The standard InChI is InChI=1S/C29H38N2O6/c1-28(2,3)37-27(35)30-19-22-12-14-24(15-13-22)36-20-23-17-29(4,18-25(32)33)26(34)31(23)16-8-11-21-9-6-5-7-10-21/h5-7,9-10,12-15,23H,8,11,16-20H2,1-4H3,(H,30,35)(H,32,33)/t23-,29+/m1/s1. The summed E-state index contributed by atoms with van der Waals surface area (Å²) in [5.41, 5.74) is 0.603. The predicted molar refractivity (Wildman–Crippen MR) is 140 cm³/mol. The van der Waals surface area contributed by atoms with Crippen LogP contribution >= 0.6 is 0 Å². The number of carboxylic acids is 1. The first-order chi connectivity index (χ1) is 17.4. The van der Waals surface area contributed by atoms with Crippen LogP contribution in [0.1, 0.15) is 58.1 Å². The minimum atomic E-state index is -0.975. The van der Waals surface area contributed by atoms with Crippen molar-refractivity contribution < 1.29 is 29.0 Å². The van der Waals surface area contributed by atoms with Gasteiger partial charge in [-0.05, 0) is 63.3 Å². The molecule has 0 saturated carbocycles. The number of aryl methyl sites for hydroxylation is 1. The molecule has 1 aliphatic heterocycles. The van der Waals surface area contributed by atoms with E-state index < -0.39 is 23.1 Å². The Morgan fingerprint density at radius 3 is 2.38 bits per heavy atom. The lowest BCUT2D eigenvalue weighted by Crippen LogP contribution is -2.39. The van der Waals surface area contributed by atoms with Crippen molar-refractivity contribution in [2.75, 3.05) is 13.2 Å². The van der Waals surface area contributed by atoms with Crippen LogP contribution in [0.2, 0.25) is 0 Å². The number of hydrogen-bond donors (Lipinski definition) is 2. The normalized spacial score (nSPS) is 19.5. The fourth-order valence-electron chi connectivity index (χ4n) is 4.63. The van der Waals surface area contributed by atoms with Gasteiger partial charge in [0.05, 0.1) is 17.9 Å². The van der Waals surface area contributed by atoms with Gasteiger partial charge in [0.1, 0.15) is 18.0 Å². The number of ether oxygens (including phenoxy) is 2.